The van der Waals surface area contributed by atoms with E-state index in [1.807, 2.05) is 27.7 Å². The van der Waals surface area contributed by atoms with Crippen LogP contribution in [0.3, 0.4) is 0 Å². The fourth-order valence-corrected chi connectivity index (χ4v) is 3.94. The first-order valence-corrected chi connectivity index (χ1v) is 10.8. The molecule has 0 aliphatic rings. The summed E-state index contributed by atoms with van der Waals surface area (Å²) >= 11 is 1.48. The maximum Gasteiger partial charge on any atom is 0.237 e. The topological polar surface area (TPSA) is 58.2 Å². The van der Waals surface area contributed by atoms with E-state index in [0.29, 0.717) is 29.8 Å². The predicted octanol–water partition coefficient (Wildman–Crippen LogP) is 5.54. The minimum Gasteiger partial charge on any atom is -0.326 e. The number of carbonyl (C=O) groups excluding carboxylic acids is 2. The fourth-order valence-electron chi connectivity index (χ4n) is 3.06. The molecule has 2 aromatic rings. The average molecular weight is 417 g/mol. The van der Waals surface area contributed by atoms with E-state index >= 15 is 0 Å². The van der Waals surface area contributed by atoms with E-state index in [-0.39, 0.29) is 22.9 Å². The van der Waals surface area contributed by atoms with Gasteiger partial charge in [0, 0.05) is 17.8 Å². The second kappa shape index (κ2) is 10.4. The van der Waals surface area contributed by atoms with Crippen LogP contribution in [0.1, 0.15) is 42.0 Å². The van der Waals surface area contributed by atoms with Gasteiger partial charge in [0.25, 0.3) is 0 Å². The van der Waals surface area contributed by atoms with Crippen molar-refractivity contribution < 1.29 is 14.0 Å². The summed E-state index contributed by atoms with van der Waals surface area (Å²) in [5, 5.41) is 5.44. The highest BCUT2D eigenvalue weighted by Crippen LogP contribution is 2.23. The summed E-state index contributed by atoms with van der Waals surface area (Å²) in [4.78, 5) is 24.5. The minimum absolute atomic E-state index is 0.0205. The van der Waals surface area contributed by atoms with Gasteiger partial charge >= 0.3 is 0 Å². The van der Waals surface area contributed by atoms with E-state index < -0.39 is 0 Å². The fraction of sp³-hybridized carbons (Fsp3) is 0.391. The number of thioether (sulfide) groups is 1. The molecule has 156 valence electrons. The number of halogens is 1. The van der Waals surface area contributed by atoms with E-state index in [1.165, 1.54) is 23.4 Å². The molecular formula is C23H29FN2O2S. The van der Waals surface area contributed by atoms with Gasteiger partial charge in [-0.25, -0.2) is 4.39 Å². The van der Waals surface area contributed by atoms with Crippen LogP contribution < -0.4 is 10.6 Å². The van der Waals surface area contributed by atoms with Crippen LogP contribution in [0.2, 0.25) is 0 Å². The van der Waals surface area contributed by atoms with E-state index in [2.05, 4.69) is 22.8 Å². The summed E-state index contributed by atoms with van der Waals surface area (Å²) in [6.07, 6.45) is 1.08. The number of hydrogen-bond acceptors (Lipinski definition) is 3. The van der Waals surface area contributed by atoms with Gasteiger partial charge in [-0.2, -0.15) is 0 Å². The molecule has 2 N–H and O–H groups in total. The predicted molar refractivity (Wildman–Crippen MR) is 120 cm³/mol. The van der Waals surface area contributed by atoms with Gasteiger partial charge in [-0.05, 0) is 75.6 Å². The lowest BCUT2D eigenvalue weighted by molar-refractivity contribution is -0.116. The maximum absolute atomic E-state index is 13.6. The molecule has 29 heavy (non-hydrogen) atoms. The highest BCUT2D eigenvalue weighted by atomic mass is 32.2. The van der Waals surface area contributed by atoms with Gasteiger partial charge in [-0.1, -0.05) is 23.8 Å². The number of rotatable bonds is 8. The number of carbonyl (C=O) groups is 2. The standard InChI is InChI=1S/C23H29FN2O2S/c1-14-11-16(3)22(17(4)12-14)26-21(27)7-6-10-29-18(5)23(28)25-19-9-8-15(2)20(24)13-19/h8-9,11-13,18H,6-7,10H2,1-5H3,(H,25,28)(H,26,27). The Balaban J connectivity index is 1.74. The molecular weight excluding hydrogens is 387 g/mol. The molecule has 4 nitrogen and oxygen atoms in total. The summed E-state index contributed by atoms with van der Waals surface area (Å²) in [7, 11) is 0. The molecule has 0 aliphatic heterocycles. The highest BCUT2D eigenvalue weighted by Gasteiger charge is 2.15. The lowest BCUT2D eigenvalue weighted by atomic mass is 10.0. The van der Waals surface area contributed by atoms with Crippen LogP contribution in [0.5, 0.6) is 0 Å². The highest BCUT2D eigenvalue weighted by molar-refractivity contribution is 8.00. The molecule has 1 unspecified atom stereocenters. The first kappa shape index (κ1) is 22.9. The Kier molecular flexibility index (Phi) is 8.26. The Morgan fingerprint density at radius 3 is 2.28 bits per heavy atom. The number of hydrogen-bond donors (Lipinski definition) is 2. The third-order valence-electron chi connectivity index (χ3n) is 4.67. The molecule has 2 rings (SSSR count). The second-order valence-corrected chi connectivity index (χ2v) is 8.84. The lowest BCUT2D eigenvalue weighted by Gasteiger charge is -2.14. The van der Waals surface area contributed by atoms with E-state index in [1.54, 1.807) is 19.1 Å². The van der Waals surface area contributed by atoms with Crippen LogP contribution in [0.25, 0.3) is 0 Å². The molecule has 1 atom stereocenters. The summed E-state index contributed by atoms with van der Waals surface area (Å²) in [5.74, 6) is 0.158. The van der Waals surface area contributed by atoms with Gasteiger partial charge in [0.1, 0.15) is 5.82 Å². The summed E-state index contributed by atoms with van der Waals surface area (Å²) in [6.45, 7) is 9.51. The van der Waals surface area contributed by atoms with Crippen molar-refractivity contribution in [3.63, 3.8) is 0 Å². The Morgan fingerprint density at radius 1 is 1.00 bits per heavy atom. The smallest absolute Gasteiger partial charge is 0.237 e. The molecule has 0 saturated carbocycles. The van der Waals surface area contributed by atoms with Gasteiger partial charge in [0.2, 0.25) is 11.8 Å². The first-order valence-electron chi connectivity index (χ1n) is 9.73. The quantitative estimate of drug-likeness (QED) is 0.556. The molecule has 0 aromatic heterocycles. The van der Waals surface area contributed by atoms with Crippen molar-refractivity contribution in [1.29, 1.82) is 0 Å². The summed E-state index contributed by atoms with van der Waals surface area (Å²) in [5.41, 5.74) is 5.17. The van der Waals surface area contributed by atoms with Crippen molar-refractivity contribution in [3.8, 4) is 0 Å². The van der Waals surface area contributed by atoms with Crippen LogP contribution in [0.4, 0.5) is 15.8 Å². The summed E-state index contributed by atoms with van der Waals surface area (Å²) < 4.78 is 13.6. The van der Waals surface area contributed by atoms with Crippen molar-refractivity contribution in [3.05, 3.63) is 58.4 Å². The van der Waals surface area contributed by atoms with Gasteiger partial charge in [0.15, 0.2) is 0 Å². The Hall–Kier alpha value is -2.34. The number of anilines is 2. The third-order valence-corrected chi connectivity index (χ3v) is 5.90. The van der Waals surface area contributed by atoms with Crippen LogP contribution in [0, 0.1) is 33.5 Å². The average Bonchev–Trinajstić information content (AvgIpc) is 2.64. The molecule has 0 heterocycles. The molecule has 0 bridgehead atoms. The number of nitrogens with one attached hydrogen (secondary N) is 2. The Bertz CT molecular complexity index is 875. The van der Waals surface area contributed by atoms with Crippen LogP contribution in [-0.2, 0) is 9.59 Å². The SMILES string of the molecule is Cc1cc(C)c(NC(=O)CCCSC(C)C(=O)Nc2ccc(C)c(F)c2)c(C)c1. The van der Waals surface area contributed by atoms with Crippen LogP contribution >= 0.6 is 11.8 Å². The van der Waals surface area contributed by atoms with Crippen molar-refractivity contribution in [1.82, 2.24) is 0 Å². The summed E-state index contributed by atoms with van der Waals surface area (Å²) in [6, 6.07) is 8.76. The first-order chi connectivity index (χ1) is 13.7. The molecule has 2 aromatic carbocycles. The van der Waals surface area contributed by atoms with E-state index in [0.717, 1.165) is 16.8 Å². The number of benzene rings is 2. The molecule has 0 spiro atoms. The minimum atomic E-state index is -0.340. The van der Waals surface area contributed by atoms with Gasteiger partial charge in [0.05, 0.1) is 5.25 Å². The molecule has 0 fully saturated rings. The maximum atomic E-state index is 13.6. The van der Waals surface area contributed by atoms with Gasteiger partial charge in [-0.3, -0.25) is 9.59 Å². The molecule has 6 heteroatoms. The van der Waals surface area contributed by atoms with Gasteiger partial charge in [-0.15, -0.1) is 11.8 Å². The molecule has 0 aliphatic carbocycles. The monoisotopic (exact) mass is 416 g/mol. The number of aryl methyl sites for hydroxylation is 4. The van der Waals surface area contributed by atoms with Crippen molar-refractivity contribution in [2.24, 2.45) is 0 Å². The van der Waals surface area contributed by atoms with Crippen LogP contribution in [0.15, 0.2) is 30.3 Å². The zero-order valence-corrected chi connectivity index (χ0v) is 18.5. The Labute approximate surface area is 176 Å². The van der Waals surface area contributed by atoms with E-state index in [9.17, 15) is 14.0 Å². The van der Waals surface area contributed by atoms with Crippen molar-refractivity contribution in [2.75, 3.05) is 16.4 Å². The van der Waals surface area contributed by atoms with Crippen LogP contribution in [-0.4, -0.2) is 22.8 Å². The molecule has 2 amide bonds. The second-order valence-electron chi connectivity index (χ2n) is 7.39. The van der Waals surface area contributed by atoms with Crippen molar-refractivity contribution >= 4 is 35.0 Å². The van der Waals surface area contributed by atoms with E-state index in [4.69, 9.17) is 0 Å². The Morgan fingerprint density at radius 2 is 1.66 bits per heavy atom. The zero-order valence-electron chi connectivity index (χ0n) is 17.7. The third kappa shape index (κ3) is 6.89. The van der Waals surface area contributed by atoms with Crippen molar-refractivity contribution in [2.45, 2.75) is 52.7 Å². The normalized spacial score (nSPS) is 11.8. The largest absolute Gasteiger partial charge is 0.326 e. The molecule has 0 radical (unpaired) electrons. The molecule has 0 saturated heterocycles. The zero-order chi connectivity index (χ0) is 21.6. The number of amides is 2. The van der Waals surface area contributed by atoms with Gasteiger partial charge < -0.3 is 10.6 Å². The lowest BCUT2D eigenvalue weighted by Crippen LogP contribution is -2.23.